The molecule has 2 rings (SSSR count). The number of carbonyl (C=O) groups excluding carboxylic acids is 1. The van der Waals surface area contributed by atoms with E-state index in [1.807, 2.05) is 0 Å². The first-order valence-electron chi connectivity index (χ1n) is 6.03. The molecule has 1 amide bonds. The summed E-state index contributed by atoms with van der Waals surface area (Å²) in [5.74, 6) is -0.227. The Morgan fingerprint density at radius 2 is 2.05 bits per heavy atom. The average Bonchev–Trinajstić information content (AvgIpc) is 2.63. The van der Waals surface area contributed by atoms with Crippen molar-refractivity contribution in [3.05, 3.63) is 33.3 Å². The van der Waals surface area contributed by atoms with Crippen molar-refractivity contribution in [2.75, 3.05) is 19.6 Å². The number of halogens is 1. The van der Waals surface area contributed by atoms with E-state index in [2.05, 4.69) is 5.32 Å². The molecule has 0 saturated carbocycles. The normalized spacial score (nSPS) is 17.1. The van der Waals surface area contributed by atoms with E-state index < -0.39 is 20.6 Å². The highest BCUT2D eigenvalue weighted by atomic mass is 35.5. The van der Waals surface area contributed by atoms with Gasteiger partial charge in [0, 0.05) is 32.1 Å². The Morgan fingerprint density at radius 3 is 2.71 bits per heavy atom. The maximum atomic E-state index is 12.5. The lowest BCUT2D eigenvalue weighted by atomic mass is 10.3. The molecule has 1 heterocycles. The molecule has 21 heavy (non-hydrogen) atoms. The Kier molecular flexibility index (Phi) is 4.45. The average molecular weight is 334 g/mol. The summed E-state index contributed by atoms with van der Waals surface area (Å²) in [6.45, 7) is 0.350. The fourth-order valence-electron chi connectivity index (χ4n) is 1.93. The second-order valence-electron chi connectivity index (χ2n) is 4.37. The molecular formula is C11H12ClN3O5S. The van der Waals surface area contributed by atoms with Crippen molar-refractivity contribution >= 4 is 33.2 Å². The number of amides is 1. The number of nitro groups is 1. The molecule has 0 bridgehead atoms. The lowest BCUT2D eigenvalue weighted by molar-refractivity contribution is -0.384. The monoisotopic (exact) mass is 333 g/mol. The maximum absolute atomic E-state index is 12.5. The van der Waals surface area contributed by atoms with Gasteiger partial charge in [0.05, 0.1) is 9.82 Å². The summed E-state index contributed by atoms with van der Waals surface area (Å²) in [6, 6.07) is 3.32. The Bertz CT molecular complexity index is 691. The van der Waals surface area contributed by atoms with E-state index in [0.717, 1.165) is 10.4 Å². The van der Waals surface area contributed by atoms with Crippen LogP contribution in [0.3, 0.4) is 0 Å². The second-order valence-corrected chi connectivity index (χ2v) is 6.72. The fraction of sp³-hybridized carbons (Fsp3) is 0.364. The zero-order chi connectivity index (χ0) is 15.6. The fourth-order valence-corrected chi connectivity index (χ4v) is 3.58. The molecule has 0 spiro atoms. The summed E-state index contributed by atoms with van der Waals surface area (Å²) >= 11 is 5.67. The summed E-state index contributed by atoms with van der Waals surface area (Å²) in [5, 5.41) is 13.3. The number of benzene rings is 1. The third-order valence-corrected chi connectivity index (χ3v) is 5.24. The Balaban J connectivity index is 2.37. The van der Waals surface area contributed by atoms with Gasteiger partial charge in [-0.1, -0.05) is 11.6 Å². The van der Waals surface area contributed by atoms with Crippen LogP contribution in [0.4, 0.5) is 5.69 Å². The first-order chi connectivity index (χ1) is 9.82. The van der Waals surface area contributed by atoms with Crippen LogP contribution in [0.25, 0.3) is 0 Å². The zero-order valence-electron chi connectivity index (χ0n) is 10.8. The predicted molar refractivity (Wildman–Crippen MR) is 74.5 cm³/mol. The second kappa shape index (κ2) is 5.96. The lowest BCUT2D eigenvalue weighted by Crippen LogP contribution is -2.34. The minimum atomic E-state index is -3.90. The molecule has 1 aromatic rings. The van der Waals surface area contributed by atoms with E-state index in [-0.39, 0.29) is 41.9 Å². The van der Waals surface area contributed by atoms with Gasteiger partial charge in [-0.25, -0.2) is 8.42 Å². The van der Waals surface area contributed by atoms with Gasteiger partial charge in [-0.3, -0.25) is 14.9 Å². The summed E-state index contributed by atoms with van der Waals surface area (Å²) in [7, 11) is -3.90. The van der Waals surface area contributed by atoms with Crippen LogP contribution in [0.2, 0.25) is 5.02 Å². The predicted octanol–water partition coefficient (Wildman–Crippen LogP) is 0.759. The van der Waals surface area contributed by atoms with Gasteiger partial charge in [0.2, 0.25) is 15.9 Å². The summed E-state index contributed by atoms with van der Waals surface area (Å²) in [6.07, 6.45) is 0.0505. The highest BCUT2D eigenvalue weighted by Crippen LogP contribution is 2.28. The van der Waals surface area contributed by atoms with Crippen molar-refractivity contribution in [3.63, 3.8) is 0 Å². The number of nitrogens with zero attached hydrogens (tertiary/aromatic N) is 2. The molecule has 1 saturated heterocycles. The third-order valence-electron chi connectivity index (χ3n) is 3.02. The molecule has 0 radical (unpaired) electrons. The summed E-state index contributed by atoms with van der Waals surface area (Å²) < 4.78 is 26.0. The molecule has 0 atom stereocenters. The van der Waals surface area contributed by atoms with Crippen LogP contribution in [-0.4, -0.2) is 43.2 Å². The molecule has 1 aliphatic rings. The zero-order valence-corrected chi connectivity index (χ0v) is 12.4. The topological polar surface area (TPSA) is 110 Å². The number of nitrogens with one attached hydrogen (secondary N) is 1. The molecule has 1 aliphatic heterocycles. The lowest BCUT2D eigenvalue weighted by Gasteiger charge is -2.19. The van der Waals surface area contributed by atoms with Gasteiger partial charge in [0.1, 0.15) is 5.02 Å². The van der Waals surface area contributed by atoms with Gasteiger partial charge < -0.3 is 5.32 Å². The van der Waals surface area contributed by atoms with Gasteiger partial charge in [-0.05, 0) is 12.1 Å². The Labute approximate surface area is 125 Å². The van der Waals surface area contributed by atoms with Gasteiger partial charge >= 0.3 is 0 Å². The van der Waals surface area contributed by atoms with E-state index in [0.29, 0.717) is 0 Å². The van der Waals surface area contributed by atoms with Crippen LogP contribution in [0, 0.1) is 10.1 Å². The van der Waals surface area contributed by atoms with Crippen molar-refractivity contribution in [1.82, 2.24) is 9.62 Å². The Morgan fingerprint density at radius 1 is 1.33 bits per heavy atom. The van der Waals surface area contributed by atoms with Crippen LogP contribution >= 0.6 is 11.6 Å². The van der Waals surface area contributed by atoms with E-state index in [9.17, 15) is 23.3 Å². The number of rotatable bonds is 3. The van der Waals surface area contributed by atoms with Crippen molar-refractivity contribution < 1.29 is 18.1 Å². The maximum Gasteiger partial charge on any atom is 0.289 e. The van der Waals surface area contributed by atoms with Gasteiger partial charge in [0.15, 0.2) is 0 Å². The van der Waals surface area contributed by atoms with Crippen LogP contribution in [0.15, 0.2) is 23.1 Å². The molecule has 0 aliphatic carbocycles. The first kappa shape index (κ1) is 15.7. The van der Waals surface area contributed by atoms with Gasteiger partial charge in [-0.15, -0.1) is 0 Å². The van der Waals surface area contributed by atoms with Crippen LogP contribution in [0.5, 0.6) is 0 Å². The van der Waals surface area contributed by atoms with Crippen LogP contribution in [-0.2, 0) is 14.8 Å². The molecule has 8 nitrogen and oxygen atoms in total. The van der Waals surface area contributed by atoms with Crippen LogP contribution in [0.1, 0.15) is 6.42 Å². The van der Waals surface area contributed by atoms with E-state index in [1.54, 1.807) is 0 Å². The highest BCUT2D eigenvalue weighted by Gasteiger charge is 2.28. The standard InChI is InChI=1S/C11H12ClN3O5S/c12-9-2-1-8(7-10(9)15(17)18)21(19,20)14-5-3-11(16)13-4-6-14/h1-2,7H,3-6H2,(H,13,16). The third kappa shape index (κ3) is 3.31. The molecule has 0 unspecified atom stereocenters. The van der Waals surface area contributed by atoms with Crippen molar-refractivity contribution in [2.24, 2.45) is 0 Å². The smallest absolute Gasteiger partial charge is 0.289 e. The molecular weight excluding hydrogens is 322 g/mol. The quantitative estimate of drug-likeness (QED) is 0.648. The number of nitro benzene ring substituents is 1. The number of sulfonamides is 1. The minimum absolute atomic E-state index is 0.0323. The minimum Gasteiger partial charge on any atom is -0.355 e. The SMILES string of the molecule is O=C1CCN(S(=O)(=O)c2ccc(Cl)c([N+](=O)[O-])c2)CCN1. The van der Waals surface area contributed by atoms with Gasteiger partial charge in [-0.2, -0.15) is 4.31 Å². The number of carbonyl (C=O) groups is 1. The van der Waals surface area contributed by atoms with Crippen molar-refractivity contribution in [3.8, 4) is 0 Å². The van der Waals surface area contributed by atoms with Crippen LogP contribution < -0.4 is 5.32 Å². The van der Waals surface area contributed by atoms with Crippen molar-refractivity contribution in [1.29, 1.82) is 0 Å². The molecule has 10 heteroatoms. The van der Waals surface area contributed by atoms with E-state index >= 15 is 0 Å². The Hall–Kier alpha value is -1.71. The molecule has 1 aromatic carbocycles. The molecule has 1 fully saturated rings. The number of hydrogen-bond acceptors (Lipinski definition) is 5. The molecule has 114 valence electrons. The van der Waals surface area contributed by atoms with E-state index in [4.69, 9.17) is 11.6 Å². The highest BCUT2D eigenvalue weighted by molar-refractivity contribution is 7.89. The van der Waals surface area contributed by atoms with Crippen molar-refractivity contribution in [2.45, 2.75) is 11.3 Å². The largest absolute Gasteiger partial charge is 0.355 e. The summed E-state index contributed by atoms with van der Waals surface area (Å²) in [5.41, 5.74) is -0.471. The van der Waals surface area contributed by atoms with Gasteiger partial charge in [0.25, 0.3) is 5.69 Å². The number of hydrogen-bond donors (Lipinski definition) is 1. The molecule has 0 aromatic heterocycles. The molecule has 1 N–H and O–H groups in total. The summed E-state index contributed by atoms with van der Waals surface area (Å²) in [4.78, 5) is 21.1. The van der Waals surface area contributed by atoms with E-state index in [1.165, 1.54) is 12.1 Å². The first-order valence-corrected chi connectivity index (χ1v) is 7.85.